The van der Waals surface area contributed by atoms with E-state index in [1.807, 2.05) is 19.2 Å². The number of anilines is 1. The first-order valence-electron chi connectivity index (χ1n) is 5.60. The van der Waals surface area contributed by atoms with Gasteiger partial charge in [0.05, 0.1) is 18.3 Å². The number of hydrogen-bond donors (Lipinski definition) is 2. The molecule has 0 aliphatic heterocycles. The summed E-state index contributed by atoms with van der Waals surface area (Å²) in [6.45, 7) is 2.56. The summed E-state index contributed by atoms with van der Waals surface area (Å²) in [6.07, 6.45) is 3.55. The van der Waals surface area contributed by atoms with Crippen LogP contribution in [0.3, 0.4) is 0 Å². The minimum atomic E-state index is -0.905. The molecule has 0 saturated heterocycles. The van der Waals surface area contributed by atoms with Crippen molar-refractivity contribution in [2.45, 2.75) is 24.7 Å². The number of nitrogen functional groups attached to an aromatic ring is 1. The molecule has 0 fully saturated rings. The van der Waals surface area contributed by atoms with Gasteiger partial charge in [-0.3, -0.25) is 14.0 Å². The molecule has 0 bridgehead atoms. The number of aliphatic carboxylic acids is 1. The number of nitrogens with zero attached hydrogens (tertiary/aromatic N) is 5. The highest BCUT2D eigenvalue weighted by atomic mass is 32.2. The molecule has 2 aromatic rings. The van der Waals surface area contributed by atoms with Crippen LogP contribution in [0.1, 0.15) is 13.0 Å². The third kappa shape index (κ3) is 3.25. The molecular weight excluding hydrogens is 268 g/mol. The third-order valence-electron chi connectivity index (χ3n) is 2.47. The molecule has 1 unspecified atom stereocenters. The topological polar surface area (TPSA) is 112 Å². The molecule has 102 valence electrons. The molecule has 3 N–H and O–H groups in total. The molecule has 2 heterocycles. The zero-order chi connectivity index (χ0) is 13.8. The molecule has 0 radical (unpaired) electrons. The van der Waals surface area contributed by atoms with E-state index in [1.165, 1.54) is 0 Å². The van der Waals surface area contributed by atoms with E-state index in [0.717, 1.165) is 11.8 Å². The second kappa shape index (κ2) is 5.74. The lowest BCUT2D eigenvalue weighted by molar-refractivity contribution is -0.133. The molecule has 0 aromatic carbocycles. The Morgan fingerprint density at radius 3 is 3.00 bits per heavy atom. The molecule has 9 heteroatoms. The average Bonchev–Trinajstić information content (AvgIpc) is 2.96. The Bertz CT molecular complexity index is 552. The van der Waals surface area contributed by atoms with Gasteiger partial charge in [0.1, 0.15) is 0 Å². The Morgan fingerprint density at radius 1 is 1.58 bits per heavy atom. The van der Waals surface area contributed by atoms with Crippen molar-refractivity contribution >= 4 is 23.7 Å². The van der Waals surface area contributed by atoms with E-state index in [0.29, 0.717) is 11.7 Å². The molecule has 19 heavy (non-hydrogen) atoms. The van der Waals surface area contributed by atoms with E-state index >= 15 is 0 Å². The summed E-state index contributed by atoms with van der Waals surface area (Å²) in [5.74, 6) is -0.711. The van der Waals surface area contributed by atoms with E-state index in [9.17, 15) is 4.79 Å². The number of thioether (sulfide) groups is 1. The van der Waals surface area contributed by atoms with E-state index < -0.39 is 5.97 Å². The Balaban J connectivity index is 2.13. The maximum Gasteiger partial charge on any atom is 0.313 e. The van der Waals surface area contributed by atoms with Gasteiger partial charge in [-0.1, -0.05) is 11.8 Å². The summed E-state index contributed by atoms with van der Waals surface area (Å²) < 4.78 is 3.49. The van der Waals surface area contributed by atoms with Crippen LogP contribution < -0.4 is 5.73 Å². The van der Waals surface area contributed by atoms with Crippen molar-refractivity contribution in [2.75, 3.05) is 11.5 Å². The van der Waals surface area contributed by atoms with Gasteiger partial charge in [-0.25, -0.2) is 0 Å². The van der Waals surface area contributed by atoms with Crippen molar-refractivity contribution in [3.63, 3.8) is 0 Å². The second-order valence-electron chi connectivity index (χ2n) is 3.97. The lowest BCUT2D eigenvalue weighted by Gasteiger charge is -2.16. The first kappa shape index (κ1) is 13.4. The van der Waals surface area contributed by atoms with E-state index in [1.54, 1.807) is 15.4 Å². The number of carbonyl (C=O) groups is 1. The maximum absolute atomic E-state index is 10.6. The number of carboxylic acid groups (broad SMARTS) is 1. The fourth-order valence-electron chi connectivity index (χ4n) is 1.69. The molecule has 8 nitrogen and oxygen atoms in total. The molecule has 2 aromatic heterocycles. The third-order valence-corrected chi connectivity index (χ3v) is 3.39. The van der Waals surface area contributed by atoms with Crippen molar-refractivity contribution < 1.29 is 9.90 Å². The fraction of sp³-hybridized carbons (Fsp3) is 0.400. The minimum Gasteiger partial charge on any atom is -0.481 e. The van der Waals surface area contributed by atoms with Gasteiger partial charge < -0.3 is 10.8 Å². The molecule has 0 amide bonds. The maximum atomic E-state index is 10.6. The lowest BCUT2D eigenvalue weighted by Crippen LogP contribution is -2.16. The largest absolute Gasteiger partial charge is 0.481 e. The molecule has 0 aliphatic rings. The van der Waals surface area contributed by atoms with Crippen molar-refractivity contribution in [1.29, 1.82) is 0 Å². The quantitative estimate of drug-likeness (QED) is 0.742. The van der Waals surface area contributed by atoms with Gasteiger partial charge in [-0.2, -0.15) is 5.10 Å². The van der Waals surface area contributed by atoms with Crippen molar-refractivity contribution in [1.82, 2.24) is 24.5 Å². The number of nitrogens with two attached hydrogens (primary N) is 1. The molecule has 0 saturated carbocycles. The minimum absolute atomic E-state index is 0.0220. The van der Waals surface area contributed by atoms with E-state index in [-0.39, 0.29) is 17.7 Å². The number of rotatable bonds is 6. The predicted molar refractivity (Wildman–Crippen MR) is 69.7 cm³/mol. The highest BCUT2D eigenvalue weighted by Crippen LogP contribution is 2.23. The summed E-state index contributed by atoms with van der Waals surface area (Å²) >= 11 is 1.10. The Labute approximate surface area is 113 Å². The standard InChI is InChI=1S/C10H14N6O2S/c1-7(5-15-4-2-3-12-15)16-9(11)13-14-10(16)19-6-8(17)18/h2-4,7H,5-6H2,1H3,(H2,11,13)(H,17,18). The number of aromatic nitrogens is 5. The molecule has 0 spiro atoms. The van der Waals surface area contributed by atoms with Crippen LogP contribution in [0.4, 0.5) is 5.95 Å². The van der Waals surface area contributed by atoms with Crippen LogP contribution in [0.5, 0.6) is 0 Å². The number of carboxylic acids is 1. The van der Waals surface area contributed by atoms with E-state index in [4.69, 9.17) is 10.8 Å². The van der Waals surface area contributed by atoms with Crippen LogP contribution in [-0.4, -0.2) is 41.4 Å². The van der Waals surface area contributed by atoms with Gasteiger partial charge in [0.25, 0.3) is 0 Å². The first-order valence-corrected chi connectivity index (χ1v) is 6.59. The lowest BCUT2D eigenvalue weighted by atomic mass is 10.3. The van der Waals surface area contributed by atoms with Crippen LogP contribution in [0.2, 0.25) is 0 Å². The van der Waals surface area contributed by atoms with E-state index in [2.05, 4.69) is 15.3 Å². The van der Waals surface area contributed by atoms with Crippen LogP contribution in [0.25, 0.3) is 0 Å². The van der Waals surface area contributed by atoms with Crippen LogP contribution in [0, 0.1) is 0 Å². The summed E-state index contributed by atoms with van der Waals surface area (Å²) in [4.78, 5) is 10.6. The molecule has 2 rings (SSSR count). The normalized spacial score (nSPS) is 12.5. The van der Waals surface area contributed by atoms with Gasteiger partial charge in [-0.05, 0) is 13.0 Å². The number of hydrogen-bond acceptors (Lipinski definition) is 6. The van der Waals surface area contributed by atoms with Gasteiger partial charge in [0.15, 0.2) is 5.16 Å². The van der Waals surface area contributed by atoms with Crippen LogP contribution in [-0.2, 0) is 11.3 Å². The van der Waals surface area contributed by atoms with Crippen molar-refractivity contribution in [3.8, 4) is 0 Å². The summed E-state index contributed by atoms with van der Waals surface area (Å²) in [6, 6.07) is 1.81. The highest BCUT2D eigenvalue weighted by molar-refractivity contribution is 7.99. The average molecular weight is 282 g/mol. The summed E-state index contributed by atoms with van der Waals surface area (Å²) in [5, 5.41) is 21.0. The SMILES string of the molecule is CC(Cn1cccn1)n1c(N)nnc1SCC(=O)O. The van der Waals surface area contributed by atoms with Gasteiger partial charge >= 0.3 is 5.97 Å². The fourth-order valence-corrected chi connectivity index (χ4v) is 2.45. The Kier molecular flexibility index (Phi) is 4.05. The monoisotopic (exact) mass is 282 g/mol. The zero-order valence-corrected chi connectivity index (χ0v) is 11.1. The first-order chi connectivity index (χ1) is 9.08. The predicted octanol–water partition coefficient (Wildman–Crippen LogP) is 0.495. The van der Waals surface area contributed by atoms with Gasteiger partial charge in [0, 0.05) is 12.4 Å². The molecule has 1 atom stereocenters. The van der Waals surface area contributed by atoms with Crippen LogP contribution >= 0.6 is 11.8 Å². The second-order valence-corrected chi connectivity index (χ2v) is 4.91. The van der Waals surface area contributed by atoms with Gasteiger partial charge in [0.2, 0.25) is 5.95 Å². The molecule has 0 aliphatic carbocycles. The summed E-state index contributed by atoms with van der Waals surface area (Å²) in [5.41, 5.74) is 5.78. The highest BCUT2D eigenvalue weighted by Gasteiger charge is 2.17. The van der Waals surface area contributed by atoms with Crippen LogP contribution in [0.15, 0.2) is 23.6 Å². The van der Waals surface area contributed by atoms with Crippen molar-refractivity contribution in [2.24, 2.45) is 0 Å². The van der Waals surface area contributed by atoms with Gasteiger partial charge in [-0.15, -0.1) is 10.2 Å². The molecular formula is C10H14N6O2S. The Morgan fingerprint density at radius 2 is 2.37 bits per heavy atom. The zero-order valence-electron chi connectivity index (χ0n) is 10.3. The summed E-state index contributed by atoms with van der Waals surface area (Å²) in [7, 11) is 0. The van der Waals surface area contributed by atoms with Crippen molar-refractivity contribution in [3.05, 3.63) is 18.5 Å². The smallest absolute Gasteiger partial charge is 0.313 e. The Hall–Kier alpha value is -2.03.